The molecule has 1 atom stereocenters. The standard InChI is InChI=1S/C13H17F2NO/c1-2-3-10(8-16)13(17)6-9-4-5-11(14)7-12(9)15/h4-5,7,10H,2-3,6,8,16H2,1H3. The van der Waals surface area contributed by atoms with Crippen LogP contribution in [0.2, 0.25) is 0 Å². The van der Waals surface area contributed by atoms with Crippen LogP contribution in [-0.2, 0) is 11.2 Å². The predicted molar refractivity (Wildman–Crippen MR) is 62.5 cm³/mol. The highest BCUT2D eigenvalue weighted by Gasteiger charge is 2.17. The molecule has 2 nitrogen and oxygen atoms in total. The van der Waals surface area contributed by atoms with Gasteiger partial charge in [0, 0.05) is 24.9 Å². The normalized spacial score (nSPS) is 12.5. The van der Waals surface area contributed by atoms with Gasteiger partial charge in [-0.05, 0) is 18.1 Å². The summed E-state index contributed by atoms with van der Waals surface area (Å²) in [4.78, 5) is 11.8. The van der Waals surface area contributed by atoms with Crippen LogP contribution in [0, 0.1) is 17.6 Å². The summed E-state index contributed by atoms with van der Waals surface area (Å²) in [6, 6.07) is 3.25. The van der Waals surface area contributed by atoms with Gasteiger partial charge in [-0.1, -0.05) is 19.4 Å². The molecule has 0 saturated carbocycles. The summed E-state index contributed by atoms with van der Waals surface area (Å²) in [5.41, 5.74) is 5.73. The number of ketones is 1. The molecule has 0 amide bonds. The monoisotopic (exact) mass is 241 g/mol. The van der Waals surface area contributed by atoms with Gasteiger partial charge >= 0.3 is 0 Å². The van der Waals surface area contributed by atoms with E-state index in [-0.39, 0.29) is 30.2 Å². The zero-order valence-electron chi connectivity index (χ0n) is 9.88. The topological polar surface area (TPSA) is 43.1 Å². The molecule has 2 N–H and O–H groups in total. The number of benzene rings is 1. The van der Waals surface area contributed by atoms with Crippen molar-refractivity contribution in [1.29, 1.82) is 0 Å². The van der Waals surface area contributed by atoms with Gasteiger partial charge in [-0.2, -0.15) is 0 Å². The van der Waals surface area contributed by atoms with Crippen LogP contribution in [0.1, 0.15) is 25.3 Å². The SMILES string of the molecule is CCCC(CN)C(=O)Cc1ccc(F)cc1F. The molecule has 0 radical (unpaired) electrons. The lowest BCUT2D eigenvalue weighted by Gasteiger charge is -2.12. The molecule has 1 aromatic carbocycles. The molecule has 0 bridgehead atoms. The molecule has 17 heavy (non-hydrogen) atoms. The highest BCUT2D eigenvalue weighted by Crippen LogP contribution is 2.14. The summed E-state index contributed by atoms with van der Waals surface area (Å²) >= 11 is 0. The Kier molecular flexibility index (Phi) is 5.22. The average Bonchev–Trinajstić information content (AvgIpc) is 2.29. The van der Waals surface area contributed by atoms with Crippen molar-refractivity contribution in [3.63, 3.8) is 0 Å². The van der Waals surface area contributed by atoms with Crippen LogP contribution in [0.5, 0.6) is 0 Å². The molecular weight excluding hydrogens is 224 g/mol. The summed E-state index contributed by atoms with van der Waals surface area (Å²) in [5, 5.41) is 0. The largest absolute Gasteiger partial charge is 0.330 e. The van der Waals surface area contributed by atoms with Gasteiger partial charge < -0.3 is 5.73 Å². The fourth-order valence-electron chi connectivity index (χ4n) is 1.76. The number of carbonyl (C=O) groups is 1. The van der Waals surface area contributed by atoms with Crippen molar-refractivity contribution in [2.45, 2.75) is 26.2 Å². The van der Waals surface area contributed by atoms with E-state index < -0.39 is 11.6 Å². The van der Waals surface area contributed by atoms with E-state index in [0.717, 1.165) is 18.6 Å². The van der Waals surface area contributed by atoms with E-state index in [2.05, 4.69) is 0 Å². The number of rotatable bonds is 6. The molecule has 0 aliphatic heterocycles. The van der Waals surface area contributed by atoms with Crippen LogP contribution >= 0.6 is 0 Å². The summed E-state index contributed by atoms with van der Waals surface area (Å²) in [6.07, 6.45) is 1.55. The van der Waals surface area contributed by atoms with Crippen molar-refractivity contribution in [3.8, 4) is 0 Å². The Morgan fingerprint density at radius 1 is 1.41 bits per heavy atom. The Bertz CT molecular complexity index is 393. The molecule has 0 aromatic heterocycles. The molecule has 0 aliphatic carbocycles. The number of hydrogen-bond donors (Lipinski definition) is 1. The molecule has 4 heteroatoms. The molecule has 0 heterocycles. The van der Waals surface area contributed by atoms with E-state index >= 15 is 0 Å². The van der Waals surface area contributed by atoms with E-state index in [1.807, 2.05) is 6.92 Å². The number of nitrogens with two attached hydrogens (primary N) is 1. The quantitative estimate of drug-likeness (QED) is 0.831. The van der Waals surface area contributed by atoms with Gasteiger partial charge in [0.25, 0.3) is 0 Å². The number of halogens is 2. The maximum Gasteiger partial charge on any atom is 0.141 e. The Balaban J connectivity index is 2.73. The van der Waals surface area contributed by atoms with Gasteiger partial charge in [0.2, 0.25) is 0 Å². The third-order valence-electron chi connectivity index (χ3n) is 2.76. The minimum absolute atomic E-state index is 0.0199. The number of hydrogen-bond acceptors (Lipinski definition) is 2. The number of carbonyl (C=O) groups excluding carboxylic acids is 1. The Morgan fingerprint density at radius 2 is 2.12 bits per heavy atom. The maximum atomic E-state index is 13.3. The van der Waals surface area contributed by atoms with Crippen molar-refractivity contribution in [2.75, 3.05) is 6.54 Å². The third-order valence-corrected chi connectivity index (χ3v) is 2.76. The second-order valence-corrected chi connectivity index (χ2v) is 4.10. The van der Waals surface area contributed by atoms with E-state index in [1.165, 1.54) is 6.07 Å². The molecule has 0 fully saturated rings. The highest BCUT2D eigenvalue weighted by atomic mass is 19.1. The molecule has 94 valence electrons. The molecule has 1 aromatic rings. The van der Waals surface area contributed by atoms with Crippen LogP contribution in [0.4, 0.5) is 8.78 Å². The summed E-state index contributed by atoms with van der Waals surface area (Å²) in [5.74, 6) is -1.63. The Labute approximate surface area is 99.8 Å². The lowest BCUT2D eigenvalue weighted by molar-refractivity contribution is -0.122. The molecule has 0 spiro atoms. The minimum atomic E-state index is -0.675. The third kappa shape index (κ3) is 3.89. The summed E-state index contributed by atoms with van der Waals surface area (Å²) in [6.45, 7) is 2.24. The van der Waals surface area contributed by atoms with E-state index in [4.69, 9.17) is 5.73 Å². The van der Waals surface area contributed by atoms with Crippen LogP contribution in [0.15, 0.2) is 18.2 Å². The Morgan fingerprint density at radius 3 is 2.65 bits per heavy atom. The maximum absolute atomic E-state index is 13.3. The van der Waals surface area contributed by atoms with Gasteiger partial charge in [-0.25, -0.2) is 8.78 Å². The molecule has 0 saturated heterocycles. The van der Waals surface area contributed by atoms with E-state index in [1.54, 1.807) is 0 Å². The van der Waals surface area contributed by atoms with Crippen LogP contribution in [-0.4, -0.2) is 12.3 Å². The first-order valence-corrected chi connectivity index (χ1v) is 5.75. The zero-order valence-corrected chi connectivity index (χ0v) is 9.88. The van der Waals surface area contributed by atoms with Gasteiger partial charge in [0.05, 0.1) is 0 Å². The van der Waals surface area contributed by atoms with Gasteiger partial charge in [0.15, 0.2) is 0 Å². The average molecular weight is 241 g/mol. The second-order valence-electron chi connectivity index (χ2n) is 4.10. The first kappa shape index (κ1) is 13.8. The van der Waals surface area contributed by atoms with Crippen molar-refractivity contribution in [2.24, 2.45) is 11.7 Å². The zero-order chi connectivity index (χ0) is 12.8. The smallest absolute Gasteiger partial charge is 0.141 e. The van der Waals surface area contributed by atoms with Gasteiger partial charge in [-0.3, -0.25) is 4.79 Å². The van der Waals surface area contributed by atoms with E-state index in [9.17, 15) is 13.6 Å². The molecule has 1 unspecified atom stereocenters. The fourth-order valence-corrected chi connectivity index (χ4v) is 1.76. The van der Waals surface area contributed by atoms with Crippen LogP contribution in [0.3, 0.4) is 0 Å². The van der Waals surface area contributed by atoms with Gasteiger partial charge in [0.1, 0.15) is 17.4 Å². The second kappa shape index (κ2) is 6.45. The summed E-state index contributed by atoms with van der Waals surface area (Å²) in [7, 11) is 0. The van der Waals surface area contributed by atoms with Crippen molar-refractivity contribution in [1.82, 2.24) is 0 Å². The van der Waals surface area contributed by atoms with Crippen LogP contribution in [0.25, 0.3) is 0 Å². The van der Waals surface area contributed by atoms with Crippen molar-refractivity contribution in [3.05, 3.63) is 35.4 Å². The first-order valence-electron chi connectivity index (χ1n) is 5.75. The van der Waals surface area contributed by atoms with Crippen molar-refractivity contribution >= 4 is 5.78 Å². The number of Topliss-reactive ketones (excluding diaryl/α,β-unsaturated/α-hetero) is 1. The van der Waals surface area contributed by atoms with Gasteiger partial charge in [-0.15, -0.1) is 0 Å². The summed E-state index contributed by atoms with van der Waals surface area (Å²) < 4.78 is 26.0. The predicted octanol–water partition coefficient (Wildman–Crippen LogP) is 2.45. The van der Waals surface area contributed by atoms with Crippen molar-refractivity contribution < 1.29 is 13.6 Å². The lowest BCUT2D eigenvalue weighted by Crippen LogP contribution is -2.25. The fraction of sp³-hybridized carbons (Fsp3) is 0.462. The Hall–Kier alpha value is -1.29. The first-order chi connectivity index (χ1) is 8.08. The van der Waals surface area contributed by atoms with Crippen LogP contribution < -0.4 is 5.73 Å². The van der Waals surface area contributed by atoms with E-state index in [0.29, 0.717) is 6.42 Å². The molecule has 1 rings (SSSR count). The minimum Gasteiger partial charge on any atom is -0.330 e. The lowest BCUT2D eigenvalue weighted by atomic mass is 9.94. The molecular formula is C13H17F2NO. The highest BCUT2D eigenvalue weighted by molar-refractivity contribution is 5.83. The molecule has 0 aliphatic rings.